The van der Waals surface area contributed by atoms with Gasteiger partial charge in [0.05, 0.1) is 16.4 Å². The molecule has 0 aromatic heterocycles. The Morgan fingerprint density at radius 1 is 1.56 bits per heavy atom. The van der Waals surface area contributed by atoms with Gasteiger partial charge in [-0.25, -0.2) is 0 Å². The molecular weight excluding hydrogens is 214 g/mol. The van der Waals surface area contributed by atoms with E-state index in [9.17, 15) is 14.9 Å². The molecule has 2 rings (SSSR count). The lowest BCUT2D eigenvalue weighted by Gasteiger charge is -2.21. The zero-order chi connectivity index (χ0) is 11.7. The summed E-state index contributed by atoms with van der Waals surface area (Å²) in [6.07, 6.45) is 0.141. The molecule has 1 heterocycles. The van der Waals surface area contributed by atoms with Gasteiger partial charge in [0.25, 0.3) is 5.69 Å². The largest absolute Gasteiger partial charge is 0.492 e. The molecule has 0 fully saturated rings. The zero-order valence-corrected chi connectivity index (χ0v) is 8.25. The Kier molecular flexibility index (Phi) is 2.47. The van der Waals surface area contributed by atoms with Crippen molar-refractivity contribution in [2.24, 2.45) is 5.92 Å². The van der Waals surface area contributed by atoms with E-state index >= 15 is 0 Å². The summed E-state index contributed by atoms with van der Waals surface area (Å²) in [7, 11) is 0. The van der Waals surface area contributed by atoms with E-state index in [1.165, 1.54) is 12.1 Å². The fraction of sp³-hybridized carbons (Fsp3) is 0.300. The highest BCUT2D eigenvalue weighted by molar-refractivity contribution is 5.72. The molecule has 0 saturated heterocycles. The number of aliphatic carboxylic acids is 1. The molecule has 6 heteroatoms. The number of nitro groups is 1. The lowest BCUT2D eigenvalue weighted by atomic mass is 9.95. The van der Waals surface area contributed by atoms with Gasteiger partial charge in [-0.15, -0.1) is 0 Å². The zero-order valence-electron chi connectivity index (χ0n) is 8.25. The van der Waals surface area contributed by atoms with Crippen LogP contribution in [0.2, 0.25) is 0 Å². The van der Waals surface area contributed by atoms with Crippen LogP contribution in [0.4, 0.5) is 5.69 Å². The Bertz CT molecular complexity index is 457. The van der Waals surface area contributed by atoms with Crippen LogP contribution in [-0.2, 0) is 11.2 Å². The van der Waals surface area contributed by atoms with Crippen molar-refractivity contribution in [1.29, 1.82) is 0 Å². The summed E-state index contributed by atoms with van der Waals surface area (Å²) >= 11 is 0. The maximum Gasteiger partial charge on any atom is 0.310 e. The highest BCUT2D eigenvalue weighted by Crippen LogP contribution is 2.34. The molecule has 1 aliphatic rings. The highest BCUT2D eigenvalue weighted by atomic mass is 16.6. The third-order valence-corrected chi connectivity index (χ3v) is 2.54. The van der Waals surface area contributed by atoms with E-state index in [1.54, 1.807) is 6.07 Å². The third-order valence-electron chi connectivity index (χ3n) is 2.54. The van der Waals surface area contributed by atoms with Gasteiger partial charge in [-0.2, -0.15) is 0 Å². The van der Waals surface area contributed by atoms with E-state index in [0.29, 0.717) is 11.3 Å². The van der Waals surface area contributed by atoms with Crippen molar-refractivity contribution in [3.05, 3.63) is 33.9 Å². The minimum absolute atomic E-state index is 0.0590. The van der Waals surface area contributed by atoms with Gasteiger partial charge in [-0.1, -0.05) is 6.07 Å². The maximum atomic E-state index is 10.8. The van der Waals surface area contributed by atoms with Crippen molar-refractivity contribution in [1.82, 2.24) is 0 Å². The maximum absolute atomic E-state index is 10.8. The van der Waals surface area contributed by atoms with Crippen LogP contribution in [0.3, 0.4) is 0 Å². The molecule has 1 aliphatic heterocycles. The number of carbonyl (C=O) groups is 1. The average molecular weight is 223 g/mol. The summed E-state index contributed by atoms with van der Waals surface area (Å²) in [4.78, 5) is 21.0. The molecule has 0 radical (unpaired) electrons. The SMILES string of the molecule is O=C(O)C1COc2cccc([N+](=O)[O-])c2C1. The van der Waals surface area contributed by atoms with E-state index in [-0.39, 0.29) is 18.7 Å². The number of rotatable bonds is 2. The van der Waals surface area contributed by atoms with Crippen molar-refractivity contribution in [3.8, 4) is 5.75 Å². The van der Waals surface area contributed by atoms with Gasteiger partial charge >= 0.3 is 5.97 Å². The van der Waals surface area contributed by atoms with E-state index in [4.69, 9.17) is 9.84 Å². The molecule has 0 aliphatic carbocycles. The molecular formula is C10H9NO5. The molecule has 1 atom stereocenters. The Morgan fingerprint density at radius 3 is 2.94 bits per heavy atom. The van der Waals surface area contributed by atoms with Crippen LogP contribution in [0.1, 0.15) is 5.56 Å². The van der Waals surface area contributed by atoms with Crippen molar-refractivity contribution in [2.45, 2.75) is 6.42 Å². The Morgan fingerprint density at radius 2 is 2.31 bits per heavy atom. The predicted molar refractivity (Wildman–Crippen MR) is 53.4 cm³/mol. The number of carboxylic acids is 1. The lowest BCUT2D eigenvalue weighted by molar-refractivity contribution is -0.385. The van der Waals surface area contributed by atoms with Gasteiger partial charge < -0.3 is 9.84 Å². The van der Waals surface area contributed by atoms with Crippen LogP contribution in [-0.4, -0.2) is 22.6 Å². The Labute approximate surface area is 90.6 Å². The number of nitro benzene ring substituents is 1. The molecule has 84 valence electrons. The molecule has 1 aromatic rings. The smallest absolute Gasteiger partial charge is 0.310 e. The van der Waals surface area contributed by atoms with Crippen molar-refractivity contribution in [3.63, 3.8) is 0 Å². The predicted octanol–water partition coefficient (Wildman–Crippen LogP) is 1.23. The van der Waals surface area contributed by atoms with Crippen LogP contribution in [0.5, 0.6) is 5.75 Å². The minimum Gasteiger partial charge on any atom is -0.492 e. The number of ether oxygens (including phenoxy) is 1. The van der Waals surface area contributed by atoms with Gasteiger partial charge in [0.15, 0.2) is 0 Å². The van der Waals surface area contributed by atoms with Crippen LogP contribution >= 0.6 is 0 Å². The Balaban J connectivity index is 2.41. The molecule has 1 aromatic carbocycles. The lowest BCUT2D eigenvalue weighted by Crippen LogP contribution is -2.28. The normalized spacial score (nSPS) is 18.4. The number of nitrogens with zero attached hydrogens (tertiary/aromatic N) is 1. The van der Waals surface area contributed by atoms with Gasteiger partial charge in [-0.05, 0) is 12.5 Å². The minimum atomic E-state index is -0.996. The quantitative estimate of drug-likeness (QED) is 0.601. The molecule has 1 unspecified atom stereocenters. The summed E-state index contributed by atoms with van der Waals surface area (Å²) < 4.78 is 5.20. The first-order chi connectivity index (χ1) is 7.59. The second-order valence-electron chi connectivity index (χ2n) is 3.56. The second kappa shape index (κ2) is 3.80. The van der Waals surface area contributed by atoms with Crippen molar-refractivity contribution < 1.29 is 19.6 Å². The molecule has 0 saturated carbocycles. The fourth-order valence-corrected chi connectivity index (χ4v) is 1.72. The third kappa shape index (κ3) is 1.69. The first-order valence-corrected chi connectivity index (χ1v) is 4.71. The summed E-state index contributed by atoms with van der Waals surface area (Å²) in [6.45, 7) is 0.0590. The monoisotopic (exact) mass is 223 g/mol. The van der Waals surface area contributed by atoms with Crippen LogP contribution < -0.4 is 4.74 Å². The van der Waals surface area contributed by atoms with Crippen LogP contribution in [0.15, 0.2) is 18.2 Å². The standard InChI is InChI=1S/C10H9NO5/c12-10(13)6-4-7-8(11(14)15)2-1-3-9(7)16-5-6/h1-3,6H,4-5H2,(H,12,13). The number of hydrogen-bond donors (Lipinski definition) is 1. The summed E-state index contributed by atoms with van der Waals surface area (Å²) in [5, 5.41) is 19.6. The first kappa shape index (κ1) is 10.4. The molecule has 6 nitrogen and oxygen atoms in total. The molecule has 1 N–H and O–H groups in total. The topological polar surface area (TPSA) is 89.7 Å². The van der Waals surface area contributed by atoms with Crippen molar-refractivity contribution in [2.75, 3.05) is 6.61 Å². The number of carboxylic acid groups (broad SMARTS) is 1. The van der Waals surface area contributed by atoms with Gasteiger partial charge in [-0.3, -0.25) is 14.9 Å². The number of fused-ring (bicyclic) bond motifs is 1. The van der Waals surface area contributed by atoms with Gasteiger partial charge in [0.1, 0.15) is 12.4 Å². The molecule has 16 heavy (non-hydrogen) atoms. The van der Waals surface area contributed by atoms with E-state index in [2.05, 4.69) is 0 Å². The van der Waals surface area contributed by atoms with Crippen molar-refractivity contribution >= 4 is 11.7 Å². The van der Waals surface area contributed by atoms with Crippen LogP contribution in [0, 0.1) is 16.0 Å². The summed E-state index contributed by atoms with van der Waals surface area (Å²) in [5.41, 5.74) is 0.287. The summed E-state index contributed by atoms with van der Waals surface area (Å²) in [5.74, 6) is -1.30. The summed E-state index contributed by atoms with van der Waals surface area (Å²) in [6, 6.07) is 4.49. The van der Waals surface area contributed by atoms with E-state index < -0.39 is 16.8 Å². The van der Waals surface area contributed by atoms with Gasteiger partial charge in [0, 0.05) is 6.07 Å². The first-order valence-electron chi connectivity index (χ1n) is 4.71. The number of hydrogen-bond acceptors (Lipinski definition) is 4. The van der Waals surface area contributed by atoms with E-state index in [0.717, 1.165) is 0 Å². The fourth-order valence-electron chi connectivity index (χ4n) is 1.72. The van der Waals surface area contributed by atoms with Crippen LogP contribution in [0.25, 0.3) is 0 Å². The van der Waals surface area contributed by atoms with Gasteiger partial charge in [0.2, 0.25) is 0 Å². The Hall–Kier alpha value is -2.11. The molecule has 0 amide bonds. The molecule has 0 spiro atoms. The highest BCUT2D eigenvalue weighted by Gasteiger charge is 2.30. The second-order valence-corrected chi connectivity index (χ2v) is 3.56. The van der Waals surface area contributed by atoms with E-state index in [1.807, 2.05) is 0 Å². The molecule has 0 bridgehead atoms. The average Bonchev–Trinajstić information content (AvgIpc) is 2.27. The number of benzene rings is 1.